The van der Waals surface area contributed by atoms with Crippen LogP contribution in [0.1, 0.15) is 17.2 Å². The van der Waals surface area contributed by atoms with Crippen molar-refractivity contribution in [3.63, 3.8) is 0 Å². The predicted octanol–water partition coefficient (Wildman–Crippen LogP) is 2.56. The second kappa shape index (κ2) is 7.24. The Morgan fingerprint density at radius 2 is 1.75 bits per heavy atom. The largest absolute Gasteiger partial charge is 0.505 e. The Balaban J connectivity index is 0.00000200. The lowest BCUT2D eigenvalue weighted by Crippen LogP contribution is -2.28. The fraction of sp³-hybridized carbons (Fsp3) is 0.200. The van der Waals surface area contributed by atoms with Crippen molar-refractivity contribution < 1.29 is 14.6 Å². The highest BCUT2D eigenvalue weighted by molar-refractivity contribution is 5.85. The van der Waals surface area contributed by atoms with Gasteiger partial charge in [0.15, 0.2) is 11.6 Å². The molecule has 108 valence electrons. The molecule has 0 spiro atoms. The topological polar surface area (TPSA) is 66.5 Å². The first-order chi connectivity index (χ1) is 9.08. The van der Waals surface area contributed by atoms with Gasteiger partial charge in [0.2, 0.25) is 0 Å². The summed E-state index contributed by atoms with van der Waals surface area (Å²) < 4.78 is 13.2. The molecule has 0 aliphatic carbocycles. The zero-order valence-electron chi connectivity index (χ0n) is 10.7. The molecule has 2 rings (SSSR count). The van der Waals surface area contributed by atoms with Crippen molar-refractivity contribution in [2.75, 3.05) is 0 Å². The third-order valence-corrected chi connectivity index (χ3v) is 3.06. The van der Waals surface area contributed by atoms with E-state index >= 15 is 0 Å². The average Bonchev–Trinajstić information content (AvgIpc) is 2.42. The Labute approximate surface area is 123 Å². The van der Waals surface area contributed by atoms with Gasteiger partial charge in [-0.15, -0.1) is 12.4 Å². The Hall–Kier alpha value is -1.62. The average molecular weight is 298 g/mol. The lowest BCUT2D eigenvalue weighted by molar-refractivity contribution is 0.145. The minimum atomic E-state index is -0.814. The Bertz CT molecular complexity index is 551. The van der Waals surface area contributed by atoms with Gasteiger partial charge >= 0.3 is 0 Å². The van der Waals surface area contributed by atoms with Gasteiger partial charge in [-0.05, 0) is 23.3 Å². The normalized spacial score (nSPS) is 13.3. The fourth-order valence-corrected chi connectivity index (χ4v) is 1.94. The van der Waals surface area contributed by atoms with E-state index in [4.69, 9.17) is 10.8 Å². The van der Waals surface area contributed by atoms with Gasteiger partial charge < -0.3 is 15.9 Å². The van der Waals surface area contributed by atoms with Crippen LogP contribution in [0.15, 0.2) is 48.5 Å². The molecule has 3 nitrogen and oxygen atoms in total. The molecular formula is C15H17ClFNO2. The molecule has 2 aromatic carbocycles. The number of hydrogen-bond donors (Lipinski definition) is 3. The summed E-state index contributed by atoms with van der Waals surface area (Å²) in [5.74, 6) is -1.16. The first-order valence-electron chi connectivity index (χ1n) is 6.04. The van der Waals surface area contributed by atoms with E-state index in [1.165, 1.54) is 12.1 Å². The van der Waals surface area contributed by atoms with Crippen LogP contribution in [0.5, 0.6) is 5.75 Å². The Morgan fingerprint density at radius 1 is 1.10 bits per heavy atom. The minimum absolute atomic E-state index is 0. The lowest BCUT2D eigenvalue weighted by Gasteiger charge is -2.19. The van der Waals surface area contributed by atoms with E-state index in [1.807, 2.05) is 30.3 Å². The maximum Gasteiger partial charge on any atom is 0.165 e. The Kier molecular flexibility index (Phi) is 5.95. The van der Waals surface area contributed by atoms with Crippen molar-refractivity contribution in [1.82, 2.24) is 0 Å². The highest BCUT2D eigenvalue weighted by Gasteiger charge is 2.18. The van der Waals surface area contributed by atoms with Crippen molar-refractivity contribution >= 4 is 12.4 Å². The molecule has 0 heterocycles. The smallest absolute Gasteiger partial charge is 0.165 e. The zero-order valence-corrected chi connectivity index (χ0v) is 11.6. The maximum atomic E-state index is 13.2. The van der Waals surface area contributed by atoms with E-state index < -0.39 is 23.7 Å². The number of aliphatic hydroxyl groups excluding tert-OH is 1. The first kappa shape index (κ1) is 16.4. The summed E-state index contributed by atoms with van der Waals surface area (Å²) in [4.78, 5) is 0. The van der Waals surface area contributed by atoms with E-state index in [0.717, 1.165) is 11.6 Å². The van der Waals surface area contributed by atoms with Crippen LogP contribution in [0.3, 0.4) is 0 Å². The predicted molar refractivity (Wildman–Crippen MR) is 78.4 cm³/mol. The number of benzene rings is 2. The third-order valence-electron chi connectivity index (χ3n) is 3.06. The summed E-state index contributed by atoms with van der Waals surface area (Å²) in [6, 6.07) is 12.6. The summed E-state index contributed by atoms with van der Waals surface area (Å²) in [7, 11) is 0. The van der Waals surface area contributed by atoms with Crippen LogP contribution in [0.4, 0.5) is 4.39 Å². The molecule has 0 amide bonds. The van der Waals surface area contributed by atoms with Crippen molar-refractivity contribution in [2.45, 2.75) is 18.6 Å². The highest BCUT2D eigenvalue weighted by Crippen LogP contribution is 2.22. The number of phenolic OH excluding ortho intramolecular Hbond substituents is 1. The molecule has 0 unspecified atom stereocenters. The first-order valence-corrected chi connectivity index (χ1v) is 6.04. The van der Waals surface area contributed by atoms with Gasteiger partial charge in [0, 0.05) is 6.42 Å². The van der Waals surface area contributed by atoms with Crippen LogP contribution in [0.2, 0.25) is 0 Å². The number of hydrogen-bond acceptors (Lipinski definition) is 3. The standard InChI is InChI=1S/C15H16FNO2.ClH/c16-12-9-11(6-7-13(12)18)15(17)14(19)8-10-4-2-1-3-5-10;/h1-7,9,14-15,18-19H,8,17H2;1H/t14-,15+;/m1./s1. The quantitative estimate of drug-likeness (QED) is 0.812. The number of aromatic hydroxyl groups is 1. The maximum absolute atomic E-state index is 13.2. The van der Waals surface area contributed by atoms with E-state index in [2.05, 4.69) is 0 Å². The van der Waals surface area contributed by atoms with Crippen LogP contribution >= 0.6 is 12.4 Å². The molecule has 0 saturated heterocycles. The van der Waals surface area contributed by atoms with Crippen LogP contribution < -0.4 is 5.73 Å². The van der Waals surface area contributed by atoms with Gasteiger partial charge in [-0.3, -0.25) is 0 Å². The minimum Gasteiger partial charge on any atom is -0.505 e. The molecule has 4 N–H and O–H groups in total. The van der Waals surface area contributed by atoms with E-state index in [0.29, 0.717) is 12.0 Å². The van der Waals surface area contributed by atoms with Crippen LogP contribution in [-0.2, 0) is 6.42 Å². The molecule has 20 heavy (non-hydrogen) atoms. The van der Waals surface area contributed by atoms with Gasteiger partial charge in [0.25, 0.3) is 0 Å². The molecule has 2 atom stereocenters. The summed E-state index contributed by atoms with van der Waals surface area (Å²) in [6.45, 7) is 0. The summed E-state index contributed by atoms with van der Waals surface area (Å²) >= 11 is 0. The van der Waals surface area contributed by atoms with Gasteiger partial charge in [0.1, 0.15) is 0 Å². The molecule has 2 aromatic rings. The summed E-state index contributed by atoms with van der Waals surface area (Å²) in [6.07, 6.45) is -0.420. The zero-order chi connectivity index (χ0) is 13.8. The van der Waals surface area contributed by atoms with Crippen molar-refractivity contribution in [1.29, 1.82) is 0 Å². The molecule has 0 saturated carbocycles. The second-order valence-electron chi connectivity index (χ2n) is 4.49. The van der Waals surface area contributed by atoms with Gasteiger partial charge in [-0.2, -0.15) is 0 Å². The van der Waals surface area contributed by atoms with E-state index in [1.54, 1.807) is 0 Å². The van der Waals surface area contributed by atoms with Crippen LogP contribution in [0, 0.1) is 5.82 Å². The number of phenols is 1. The molecule has 0 bridgehead atoms. The third kappa shape index (κ3) is 3.93. The second-order valence-corrected chi connectivity index (χ2v) is 4.49. The van der Waals surface area contributed by atoms with E-state index in [-0.39, 0.29) is 12.4 Å². The molecule has 0 aliphatic heterocycles. The molecule has 0 aliphatic rings. The molecule has 5 heteroatoms. The monoisotopic (exact) mass is 297 g/mol. The van der Waals surface area contributed by atoms with Crippen LogP contribution in [-0.4, -0.2) is 16.3 Å². The van der Waals surface area contributed by atoms with Crippen molar-refractivity contribution in [3.8, 4) is 5.75 Å². The van der Waals surface area contributed by atoms with Crippen LogP contribution in [0.25, 0.3) is 0 Å². The molecule has 0 radical (unpaired) electrons. The van der Waals surface area contributed by atoms with Crippen molar-refractivity contribution in [3.05, 3.63) is 65.5 Å². The molecule has 0 fully saturated rings. The number of aliphatic hydroxyl groups is 1. The lowest BCUT2D eigenvalue weighted by atomic mass is 9.97. The Morgan fingerprint density at radius 3 is 2.35 bits per heavy atom. The van der Waals surface area contributed by atoms with E-state index in [9.17, 15) is 9.50 Å². The SMILES string of the molecule is Cl.N[C@@H](c1ccc(O)c(F)c1)[C@H](O)Cc1ccccc1. The molecule has 0 aromatic heterocycles. The van der Waals surface area contributed by atoms with Crippen molar-refractivity contribution in [2.24, 2.45) is 5.73 Å². The van der Waals surface area contributed by atoms with Gasteiger partial charge in [-0.25, -0.2) is 4.39 Å². The number of halogens is 2. The summed E-state index contributed by atoms with van der Waals surface area (Å²) in [5.41, 5.74) is 7.33. The number of rotatable bonds is 4. The molecular weight excluding hydrogens is 281 g/mol. The highest BCUT2D eigenvalue weighted by atomic mass is 35.5. The fourth-order valence-electron chi connectivity index (χ4n) is 1.94. The van der Waals surface area contributed by atoms with Gasteiger partial charge in [-0.1, -0.05) is 36.4 Å². The van der Waals surface area contributed by atoms with Gasteiger partial charge in [0.05, 0.1) is 12.1 Å². The summed E-state index contributed by atoms with van der Waals surface area (Å²) in [5, 5.41) is 19.2. The number of nitrogens with two attached hydrogens (primary N) is 1.